The molecule has 2 N–H and O–H groups in total. The number of hydrogen-bond donors (Lipinski definition) is 2. The van der Waals surface area contributed by atoms with Crippen molar-refractivity contribution in [2.45, 2.75) is 70.3 Å². The van der Waals surface area contributed by atoms with Crippen molar-refractivity contribution in [3.63, 3.8) is 0 Å². The van der Waals surface area contributed by atoms with E-state index in [4.69, 9.17) is 0 Å². The van der Waals surface area contributed by atoms with Crippen LogP contribution in [-0.2, 0) is 24.7 Å². The highest BCUT2D eigenvalue weighted by atomic mass is 16.4. The molecule has 1 amide bonds. The van der Waals surface area contributed by atoms with E-state index in [0.717, 1.165) is 48.9 Å². The topological polar surface area (TPSA) is 97.1 Å². The predicted octanol–water partition coefficient (Wildman–Crippen LogP) is 4.69. The molecule has 2 aromatic heterocycles. The van der Waals surface area contributed by atoms with Crippen molar-refractivity contribution < 1.29 is 14.7 Å². The number of aromatic nitrogens is 3. The molecule has 1 aromatic carbocycles. The molecule has 1 aliphatic rings. The van der Waals surface area contributed by atoms with E-state index >= 15 is 0 Å². The van der Waals surface area contributed by atoms with Crippen LogP contribution in [0.25, 0.3) is 10.9 Å². The Labute approximate surface area is 200 Å². The van der Waals surface area contributed by atoms with E-state index < -0.39 is 12.0 Å². The summed E-state index contributed by atoms with van der Waals surface area (Å²) in [5.74, 6) is -0.608. The van der Waals surface area contributed by atoms with Gasteiger partial charge < -0.3 is 10.4 Å². The number of unbranched alkanes of at least 4 members (excludes halogenated alkanes) is 4. The number of fused-ring (bicyclic) bond motifs is 2. The van der Waals surface area contributed by atoms with Gasteiger partial charge in [0.1, 0.15) is 6.04 Å². The standard InChI is InChI=1S/C27H34N4O3/c1-31-25-14-13-21(17-22(25)18-29-31)26(32)30-23(27(33)34)10-6-4-2-3-5-8-19-11-12-20-9-7-15-28-24(20)16-19/h7,9,13-15,17-19,23H,2-6,8,10-12,16H2,1H3,(H,30,32)(H,33,34). The summed E-state index contributed by atoms with van der Waals surface area (Å²) in [6.07, 6.45) is 14.0. The van der Waals surface area contributed by atoms with Crippen molar-refractivity contribution in [3.8, 4) is 0 Å². The molecule has 3 aromatic rings. The van der Waals surface area contributed by atoms with Crippen LogP contribution in [0.3, 0.4) is 0 Å². The van der Waals surface area contributed by atoms with E-state index in [2.05, 4.69) is 21.5 Å². The lowest BCUT2D eigenvalue weighted by molar-refractivity contribution is -0.139. The molecule has 7 nitrogen and oxygen atoms in total. The molecule has 0 saturated heterocycles. The summed E-state index contributed by atoms with van der Waals surface area (Å²) in [6, 6.07) is 8.64. The van der Waals surface area contributed by atoms with Crippen LogP contribution in [0.15, 0.2) is 42.7 Å². The molecule has 2 heterocycles. The molecule has 0 spiro atoms. The Bertz CT molecular complexity index is 1140. The van der Waals surface area contributed by atoms with E-state index in [1.807, 2.05) is 25.4 Å². The Hall–Kier alpha value is -3.22. The van der Waals surface area contributed by atoms with Gasteiger partial charge in [-0.25, -0.2) is 4.79 Å². The van der Waals surface area contributed by atoms with Gasteiger partial charge in [-0.15, -0.1) is 0 Å². The number of rotatable bonds is 11. The number of aliphatic carboxylic acids is 1. The van der Waals surface area contributed by atoms with Crippen LogP contribution < -0.4 is 5.32 Å². The zero-order valence-corrected chi connectivity index (χ0v) is 19.9. The molecule has 180 valence electrons. The van der Waals surface area contributed by atoms with E-state index in [1.165, 1.54) is 36.9 Å². The maximum Gasteiger partial charge on any atom is 0.326 e. The van der Waals surface area contributed by atoms with Crippen molar-refractivity contribution >= 4 is 22.8 Å². The van der Waals surface area contributed by atoms with Gasteiger partial charge >= 0.3 is 5.97 Å². The highest BCUT2D eigenvalue weighted by Gasteiger charge is 2.21. The second kappa shape index (κ2) is 11.3. The minimum Gasteiger partial charge on any atom is -0.480 e. The first kappa shape index (κ1) is 23.9. The number of carboxylic acids is 1. The molecular weight excluding hydrogens is 428 g/mol. The summed E-state index contributed by atoms with van der Waals surface area (Å²) in [6.45, 7) is 0. The zero-order valence-electron chi connectivity index (χ0n) is 19.9. The van der Waals surface area contributed by atoms with Crippen LogP contribution in [0.5, 0.6) is 0 Å². The number of aryl methyl sites for hydroxylation is 2. The Morgan fingerprint density at radius 2 is 2.00 bits per heavy atom. The van der Waals surface area contributed by atoms with Gasteiger partial charge in [0.15, 0.2) is 0 Å². The molecule has 0 bridgehead atoms. The lowest BCUT2D eigenvalue weighted by Gasteiger charge is -2.23. The maximum absolute atomic E-state index is 12.6. The smallest absolute Gasteiger partial charge is 0.326 e. The van der Waals surface area contributed by atoms with Crippen LogP contribution >= 0.6 is 0 Å². The fraction of sp³-hybridized carbons (Fsp3) is 0.481. The minimum absolute atomic E-state index is 0.360. The number of pyridine rings is 1. The number of nitrogens with zero attached hydrogens (tertiary/aromatic N) is 3. The minimum atomic E-state index is -0.984. The van der Waals surface area contributed by atoms with Gasteiger partial charge in [-0.2, -0.15) is 5.10 Å². The van der Waals surface area contributed by atoms with Gasteiger partial charge in [0.25, 0.3) is 5.91 Å². The first-order valence-corrected chi connectivity index (χ1v) is 12.4. The molecule has 4 rings (SSSR count). The zero-order chi connectivity index (χ0) is 23.9. The Balaban J connectivity index is 1.14. The highest BCUT2D eigenvalue weighted by Crippen LogP contribution is 2.27. The van der Waals surface area contributed by atoms with Crippen molar-refractivity contribution in [3.05, 3.63) is 59.5 Å². The van der Waals surface area contributed by atoms with Gasteiger partial charge in [-0.1, -0.05) is 44.6 Å². The second-order valence-corrected chi connectivity index (χ2v) is 9.47. The number of amides is 1. The molecule has 0 saturated carbocycles. The van der Waals surface area contributed by atoms with E-state index in [9.17, 15) is 14.7 Å². The molecule has 0 radical (unpaired) electrons. The monoisotopic (exact) mass is 462 g/mol. The third-order valence-electron chi connectivity index (χ3n) is 7.01. The molecule has 2 atom stereocenters. The van der Waals surface area contributed by atoms with Crippen LogP contribution in [-0.4, -0.2) is 37.8 Å². The fourth-order valence-corrected chi connectivity index (χ4v) is 4.98. The fourth-order valence-electron chi connectivity index (χ4n) is 4.98. The van der Waals surface area contributed by atoms with E-state index in [1.54, 1.807) is 23.0 Å². The summed E-state index contributed by atoms with van der Waals surface area (Å²) >= 11 is 0. The quantitative estimate of drug-likeness (QED) is 0.403. The molecule has 7 heteroatoms. The van der Waals surface area contributed by atoms with E-state index in [0.29, 0.717) is 12.0 Å². The summed E-state index contributed by atoms with van der Waals surface area (Å²) in [5.41, 5.74) is 4.07. The van der Waals surface area contributed by atoms with Crippen LogP contribution in [0.1, 0.15) is 73.0 Å². The third kappa shape index (κ3) is 6.01. The number of hydrogen-bond acceptors (Lipinski definition) is 4. The lowest BCUT2D eigenvalue weighted by atomic mass is 9.84. The van der Waals surface area contributed by atoms with Crippen LogP contribution in [0.4, 0.5) is 0 Å². The number of benzene rings is 1. The molecular formula is C27H34N4O3. The highest BCUT2D eigenvalue weighted by molar-refractivity contribution is 5.99. The average Bonchev–Trinajstić information content (AvgIpc) is 3.22. The molecule has 0 fully saturated rings. The SMILES string of the molecule is Cn1ncc2cc(C(=O)NC(CCCCCCCC3CCc4cccnc4C3)C(=O)O)ccc21. The Morgan fingerprint density at radius 1 is 1.18 bits per heavy atom. The maximum atomic E-state index is 12.6. The Morgan fingerprint density at radius 3 is 2.85 bits per heavy atom. The van der Waals surface area contributed by atoms with Gasteiger partial charge in [0.2, 0.25) is 0 Å². The number of carbonyl (C=O) groups is 2. The first-order chi connectivity index (χ1) is 16.5. The molecule has 34 heavy (non-hydrogen) atoms. The largest absolute Gasteiger partial charge is 0.480 e. The summed E-state index contributed by atoms with van der Waals surface area (Å²) < 4.78 is 1.74. The van der Waals surface area contributed by atoms with E-state index in [-0.39, 0.29) is 5.91 Å². The molecule has 2 unspecified atom stereocenters. The predicted molar refractivity (Wildman–Crippen MR) is 132 cm³/mol. The van der Waals surface area contributed by atoms with Crippen LogP contribution in [0, 0.1) is 5.92 Å². The molecule has 1 aliphatic carbocycles. The summed E-state index contributed by atoms with van der Waals surface area (Å²) in [5, 5.41) is 17.3. The number of nitrogens with one attached hydrogen (secondary N) is 1. The third-order valence-corrected chi connectivity index (χ3v) is 7.01. The average molecular weight is 463 g/mol. The summed E-state index contributed by atoms with van der Waals surface area (Å²) in [7, 11) is 1.84. The van der Waals surface area contributed by atoms with Crippen LogP contribution in [0.2, 0.25) is 0 Å². The summed E-state index contributed by atoms with van der Waals surface area (Å²) in [4.78, 5) is 28.8. The number of carbonyl (C=O) groups excluding carboxylic acids is 1. The van der Waals surface area contributed by atoms with Crippen molar-refractivity contribution in [1.82, 2.24) is 20.1 Å². The first-order valence-electron chi connectivity index (χ1n) is 12.4. The second-order valence-electron chi connectivity index (χ2n) is 9.47. The Kier molecular flexibility index (Phi) is 7.93. The number of carboxylic acid groups (broad SMARTS) is 1. The van der Waals surface area contributed by atoms with Gasteiger partial charge in [-0.3, -0.25) is 14.5 Å². The lowest BCUT2D eigenvalue weighted by Crippen LogP contribution is -2.40. The van der Waals surface area contributed by atoms with Gasteiger partial charge in [-0.05, 0) is 61.4 Å². The van der Waals surface area contributed by atoms with Gasteiger partial charge in [0, 0.05) is 29.9 Å². The molecule has 0 aliphatic heterocycles. The normalized spacial score (nSPS) is 16.2. The van der Waals surface area contributed by atoms with Gasteiger partial charge in [0.05, 0.1) is 11.7 Å². The van der Waals surface area contributed by atoms with Crippen molar-refractivity contribution in [2.24, 2.45) is 13.0 Å². The van der Waals surface area contributed by atoms with Crippen molar-refractivity contribution in [1.29, 1.82) is 0 Å². The van der Waals surface area contributed by atoms with Crippen molar-refractivity contribution in [2.75, 3.05) is 0 Å².